The molecule has 2 N–H and O–H groups in total. The van der Waals surface area contributed by atoms with Gasteiger partial charge in [0.1, 0.15) is 0 Å². The van der Waals surface area contributed by atoms with Gasteiger partial charge in [-0.15, -0.1) is 0 Å². The first-order valence-electron chi connectivity index (χ1n) is 7.94. The molecule has 3 rings (SSSR count). The maximum atomic E-state index is 10.6. The summed E-state index contributed by atoms with van der Waals surface area (Å²) in [6.07, 6.45) is 8.64. The molecule has 4 nitrogen and oxygen atoms in total. The Balaban J connectivity index is 1.89. The molecule has 0 bridgehead atoms. The molecule has 0 radical (unpaired) electrons. The SMILES string of the molecule is O=C(O)CCCC/C=C1/c2cnccc2CNc2ccccc21. The zero-order chi connectivity index (χ0) is 16.1. The van der Waals surface area contributed by atoms with Crippen molar-refractivity contribution >= 4 is 17.2 Å². The summed E-state index contributed by atoms with van der Waals surface area (Å²) >= 11 is 0. The van der Waals surface area contributed by atoms with Gasteiger partial charge < -0.3 is 10.4 Å². The van der Waals surface area contributed by atoms with Gasteiger partial charge >= 0.3 is 5.97 Å². The Morgan fingerprint density at radius 3 is 2.96 bits per heavy atom. The summed E-state index contributed by atoms with van der Waals surface area (Å²) in [6.45, 7) is 0.783. The Kier molecular flexibility index (Phi) is 4.71. The molecule has 4 heteroatoms. The number of hydrogen-bond acceptors (Lipinski definition) is 3. The van der Waals surface area contributed by atoms with Crippen molar-refractivity contribution in [2.45, 2.75) is 32.2 Å². The first-order valence-corrected chi connectivity index (χ1v) is 7.94. The van der Waals surface area contributed by atoms with Crippen LogP contribution in [0.2, 0.25) is 0 Å². The lowest BCUT2D eigenvalue weighted by Gasteiger charge is -2.10. The molecule has 1 aliphatic rings. The molecule has 2 heterocycles. The van der Waals surface area contributed by atoms with Crippen LogP contribution in [0.3, 0.4) is 0 Å². The number of benzene rings is 1. The van der Waals surface area contributed by atoms with Crippen LogP contribution in [-0.2, 0) is 11.3 Å². The number of carboxylic acid groups (broad SMARTS) is 1. The predicted octanol–water partition coefficient (Wildman–Crippen LogP) is 4.08. The van der Waals surface area contributed by atoms with E-state index in [9.17, 15) is 4.79 Å². The molecule has 23 heavy (non-hydrogen) atoms. The third-order valence-corrected chi connectivity index (χ3v) is 4.08. The van der Waals surface area contributed by atoms with E-state index >= 15 is 0 Å². The van der Waals surface area contributed by atoms with Crippen LogP contribution < -0.4 is 5.32 Å². The highest BCUT2D eigenvalue weighted by atomic mass is 16.4. The number of anilines is 1. The van der Waals surface area contributed by atoms with Gasteiger partial charge in [0, 0.05) is 42.2 Å². The van der Waals surface area contributed by atoms with E-state index in [4.69, 9.17) is 5.11 Å². The van der Waals surface area contributed by atoms with E-state index in [1.165, 1.54) is 16.7 Å². The van der Waals surface area contributed by atoms with Crippen molar-refractivity contribution in [1.29, 1.82) is 0 Å². The van der Waals surface area contributed by atoms with Crippen molar-refractivity contribution in [3.05, 3.63) is 65.5 Å². The van der Waals surface area contributed by atoms with Gasteiger partial charge in [0.2, 0.25) is 0 Å². The van der Waals surface area contributed by atoms with Crippen molar-refractivity contribution in [3.8, 4) is 0 Å². The number of nitrogens with zero attached hydrogens (tertiary/aromatic N) is 1. The molecule has 118 valence electrons. The first-order chi connectivity index (χ1) is 11.3. The lowest BCUT2D eigenvalue weighted by atomic mass is 9.94. The fraction of sp³-hybridized carbons (Fsp3) is 0.263. The molecular formula is C19H20N2O2. The topological polar surface area (TPSA) is 62.2 Å². The number of aromatic nitrogens is 1. The summed E-state index contributed by atoms with van der Waals surface area (Å²) < 4.78 is 0. The highest BCUT2D eigenvalue weighted by Gasteiger charge is 2.17. The number of rotatable bonds is 5. The van der Waals surface area contributed by atoms with E-state index in [-0.39, 0.29) is 6.42 Å². The zero-order valence-corrected chi connectivity index (χ0v) is 13.0. The number of para-hydroxylation sites is 1. The zero-order valence-electron chi connectivity index (χ0n) is 13.0. The third kappa shape index (κ3) is 3.59. The predicted molar refractivity (Wildman–Crippen MR) is 91.2 cm³/mol. The number of allylic oxidation sites excluding steroid dienone is 1. The quantitative estimate of drug-likeness (QED) is 0.817. The Bertz CT molecular complexity index is 688. The van der Waals surface area contributed by atoms with E-state index in [1.807, 2.05) is 30.6 Å². The summed E-state index contributed by atoms with van der Waals surface area (Å²) in [5.41, 5.74) is 5.87. The highest BCUT2D eigenvalue weighted by molar-refractivity contribution is 5.88. The number of hydrogen-bond donors (Lipinski definition) is 2. The standard InChI is InChI=1S/C19H20N2O2/c22-19(23)9-3-1-2-6-15-16-7-4-5-8-18(16)21-12-14-10-11-20-13-17(14)15/h4-8,10-11,13,21H,1-3,9,12H2,(H,22,23)/b15-6+. The summed E-state index contributed by atoms with van der Waals surface area (Å²) in [6, 6.07) is 10.3. The van der Waals surface area contributed by atoms with Crippen molar-refractivity contribution < 1.29 is 9.90 Å². The van der Waals surface area contributed by atoms with E-state index in [2.05, 4.69) is 28.5 Å². The molecule has 1 aromatic carbocycles. The number of pyridine rings is 1. The van der Waals surface area contributed by atoms with E-state index in [0.717, 1.165) is 30.6 Å². The molecule has 0 unspecified atom stereocenters. The first kappa shape index (κ1) is 15.3. The summed E-state index contributed by atoms with van der Waals surface area (Å²) in [5.74, 6) is -0.726. The Morgan fingerprint density at radius 1 is 1.22 bits per heavy atom. The number of fused-ring (bicyclic) bond motifs is 2. The molecule has 0 fully saturated rings. The molecule has 0 amide bonds. The van der Waals surface area contributed by atoms with Crippen LogP contribution >= 0.6 is 0 Å². The largest absolute Gasteiger partial charge is 0.481 e. The van der Waals surface area contributed by atoms with Crippen molar-refractivity contribution in [2.75, 3.05) is 5.32 Å². The second-order valence-electron chi connectivity index (χ2n) is 5.69. The Labute approximate surface area is 135 Å². The van der Waals surface area contributed by atoms with Crippen LogP contribution in [0.4, 0.5) is 5.69 Å². The second-order valence-corrected chi connectivity index (χ2v) is 5.69. The van der Waals surface area contributed by atoms with Crippen molar-refractivity contribution in [2.24, 2.45) is 0 Å². The van der Waals surface area contributed by atoms with Gasteiger partial charge in [-0.3, -0.25) is 9.78 Å². The monoisotopic (exact) mass is 308 g/mol. The minimum Gasteiger partial charge on any atom is -0.481 e. The van der Waals surface area contributed by atoms with Crippen molar-refractivity contribution in [3.63, 3.8) is 0 Å². The van der Waals surface area contributed by atoms with Crippen LogP contribution in [0.5, 0.6) is 0 Å². The smallest absolute Gasteiger partial charge is 0.303 e. The van der Waals surface area contributed by atoms with Crippen LogP contribution in [0.15, 0.2) is 48.8 Å². The van der Waals surface area contributed by atoms with Gasteiger partial charge in [0.25, 0.3) is 0 Å². The summed E-state index contributed by atoms with van der Waals surface area (Å²) in [4.78, 5) is 14.9. The van der Waals surface area contributed by atoms with Gasteiger partial charge in [-0.1, -0.05) is 24.3 Å². The minimum absolute atomic E-state index is 0.236. The lowest BCUT2D eigenvalue weighted by Crippen LogP contribution is -1.98. The summed E-state index contributed by atoms with van der Waals surface area (Å²) in [7, 11) is 0. The molecule has 0 saturated carbocycles. The van der Waals surface area contributed by atoms with E-state index < -0.39 is 5.97 Å². The number of carboxylic acids is 1. The second kappa shape index (κ2) is 7.09. The molecular weight excluding hydrogens is 288 g/mol. The van der Waals surface area contributed by atoms with Crippen LogP contribution in [0, 0.1) is 0 Å². The normalized spacial score (nSPS) is 14.5. The molecule has 0 atom stereocenters. The van der Waals surface area contributed by atoms with E-state index in [1.54, 1.807) is 0 Å². The van der Waals surface area contributed by atoms with Gasteiger partial charge in [-0.2, -0.15) is 0 Å². The maximum Gasteiger partial charge on any atom is 0.303 e. The molecule has 0 aliphatic carbocycles. The number of carbonyl (C=O) groups is 1. The van der Waals surface area contributed by atoms with Gasteiger partial charge in [0.05, 0.1) is 0 Å². The van der Waals surface area contributed by atoms with Gasteiger partial charge in [-0.25, -0.2) is 0 Å². The fourth-order valence-corrected chi connectivity index (χ4v) is 2.91. The fourth-order valence-electron chi connectivity index (χ4n) is 2.91. The highest BCUT2D eigenvalue weighted by Crippen LogP contribution is 2.34. The minimum atomic E-state index is -0.726. The van der Waals surface area contributed by atoms with Gasteiger partial charge in [-0.05, 0) is 42.5 Å². The molecule has 1 aliphatic heterocycles. The van der Waals surface area contributed by atoms with Gasteiger partial charge in [0.15, 0.2) is 0 Å². The average Bonchev–Trinajstić information content (AvgIpc) is 2.72. The van der Waals surface area contributed by atoms with E-state index in [0.29, 0.717) is 6.42 Å². The molecule has 0 saturated heterocycles. The summed E-state index contributed by atoms with van der Waals surface area (Å²) in [5, 5.41) is 12.2. The Morgan fingerprint density at radius 2 is 2.09 bits per heavy atom. The van der Waals surface area contributed by atoms with Crippen LogP contribution in [-0.4, -0.2) is 16.1 Å². The average molecular weight is 308 g/mol. The molecule has 0 spiro atoms. The third-order valence-electron chi connectivity index (χ3n) is 4.08. The number of aliphatic carboxylic acids is 1. The lowest BCUT2D eigenvalue weighted by molar-refractivity contribution is -0.137. The number of unbranched alkanes of at least 4 members (excludes halogenated alkanes) is 2. The van der Waals surface area contributed by atoms with Crippen LogP contribution in [0.25, 0.3) is 5.57 Å². The maximum absolute atomic E-state index is 10.6. The van der Waals surface area contributed by atoms with Crippen LogP contribution in [0.1, 0.15) is 42.4 Å². The van der Waals surface area contributed by atoms with Crippen molar-refractivity contribution in [1.82, 2.24) is 4.98 Å². The number of nitrogens with one attached hydrogen (secondary N) is 1. The Hall–Kier alpha value is -2.62. The molecule has 2 aromatic rings. The molecule has 1 aromatic heterocycles.